The molecule has 3 nitrogen and oxygen atoms in total. The standard InChI is InChI=1S/C21H22N2OS2/c1-14-5-3-6-17(15(14)2)22-20(24)13-23-10-8-18-16(9-12-26-18)21(23)19-7-4-11-25-19/h3-7,9,11-12,21H,8,10,13H2,1-2H3,(H,22,24)/t21-/m1/s1. The quantitative estimate of drug-likeness (QED) is 0.688. The van der Waals surface area contributed by atoms with Crippen LogP contribution in [0.15, 0.2) is 47.2 Å². The van der Waals surface area contributed by atoms with E-state index in [0.29, 0.717) is 6.54 Å². The zero-order valence-corrected chi connectivity index (χ0v) is 16.6. The highest BCUT2D eigenvalue weighted by atomic mass is 32.1. The summed E-state index contributed by atoms with van der Waals surface area (Å²) in [5.41, 5.74) is 4.61. The lowest BCUT2D eigenvalue weighted by Gasteiger charge is -2.34. The fourth-order valence-electron chi connectivity index (χ4n) is 3.58. The molecule has 3 aromatic rings. The van der Waals surface area contributed by atoms with Crippen molar-refractivity contribution in [3.05, 3.63) is 73.6 Å². The van der Waals surface area contributed by atoms with Crippen molar-refractivity contribution >= 4 is 34.3 Å². The van der Waals surface area contributed by atoms with Crippen molar-refractivity contribution in [3.63, 3.8) is 0 Å². The number of fused-ring (bicyclic) bond motifs is 1. The third-order valence-electron chi connectivity index (χ3n) is 5.10. The summed E-state index contributed by atoms with van der Waals surface area (Å²) < 4.78 is 0. The van der Waals surface area contributed by atoms with Crippen LogP contribution in [0.2, 0.25) is 0 Å². The zero-order chi connectivity index (χ0) is 18.1. The van der Waals surface area contributed by atoms with Gasteiger partial charge >= 0.3 is 0 Å². The first-order chi connectivity index (χ1) is 12.6. The Labute approximate surface area is 162 Å². The second-order valence-corrected chi connectivity index (χ2v) is 8.71. The number of thiophene rings is 2. The second kappa shape index (κ2) is 7.35. The number of aryl methyl sites for hydroxylation is 1. The predicted octanol–water partition coefficient (Wildman–Crippen LogP) is 5.01. The lowest BCUT2D eigenvalue weighted by atomic mass is 9.98. The fourth-order valence-corrected chi connectivity index (χ4v) is 5.36. The molecular weight excluding hydrogens is 360 g/mol. The molecule has 134 valence electrons. The molecule has 0 bridgehead atoms. The van der Waals surface area contributed by atoms with Gasteiger partial charge in [0, 0.05) is 22.0 Å². The lowest BCUT2D eigenvalue weighted by Crippen LogP contribution is -2.40. The number of hydrogen-bond acceptors (Lipinski definition) is 4. The molecule has 3 heterocycles. The predicted molar refractivity (Wildman–Crippen MR) is 110 cm³/mol. The Hall–Kier alpha value is -1.95. The maximum atomic E-state index is 12.8. The van der Waals surface area contributed by atoms with Crippen LogP contribution in [0.25, 0.3) is 0 Å². The summed E-state index contributed by atoms with van der Waals surface area (Å²) in [6, 6.07) is 12.7. The number of rotatable bonds is 4. The van der Waals surface area contributed by atoms with E-state index in [0.717, 1.165) is 24.2 Å². The van der Waals surface area contributed by atoms with Gasteiger partial charge < -0.3 is 5.32 Å². The first-order valence-electron chi connectivity index (χ1n) is 8.83. The Morgan fingerprint density at radius 3 is 2.85 bits per heavy atom. The van der Waals surface area contributed by atoms with E-state index in [1.165, 1.54) is 20.9 Å². The molecule has 0 unspecified atom stereocenters. The Morgan fingerprint density at radius 1 is 1.15 bits per heavy atom. The number of hydrogen-bond donors (Lipinski definition) is 1. The number of amides is 1. The first-order valence-corrected chi connectivity index (χ1v) is 10.6. The van der Waals surface area contributed by atoms with Crippen LogP contribution in [-0.4, -0.2) is 23.9 Å². The van der Waals surface area contributed by atoms with Gasteiger partial charge in [0.25, 0.3) is 0 Å². The first kappa shape index (κ1) is 17.5. The third-order valence-corrected chi connectivity index (χ3v) is 7.03. The van der Waals surface area contributed by atoms with Gasteiger partial charge in [-0.2, -0.15) is 0 Å². The van der Waals surface area contributed by atoms with Crippen LogP contribution in [0.4, 0.5) is 5.69 Å². The summed E-state index contributed by atoms with van der Waals surface area (Å²) in [5.74, 6) is 0.0546. The Morgan fingerprint density at radius 2 is 2.04 bits per heavy atom. The lowest BCUT2D eigenvalue weighted by molar-refractivity contribution is -0.117. The van der Waals surface area contributed by atoms with Crippen LogP contribution in [0.3, 0.4) is 0 Å². The molecule has 0 radical (unpaired) electrons. The average molecular weight is 383 g/mol. The monoisotopic (exact) mass is 382 g/mol. The maximum Gasteiger partial charge on any atom is 0.238 e. The molecule has 0 fully saturated rings. The molecule has 0 saturated heterocycles. The number of benzene rings is 1. The third kappa shape index (κ3) is 3.34. The number of nitrogens with one attached hydrogen (secondary N) is 1. The van der Waals surface area contributed by atoms with Crippen LogP contribution in [0.5, 0.6) is 0 Å². The highest BCUT2D eigenvalue weighted by molar-refractivity contribution is 7.10. The van der Waals surface area contributed by atoms with E-state index in [1.54, 1.807) is 11.3 Å². The molecule has 1 aliphatic heterocycles. The van der Waals surface area contributed by atoms with Gasteiger partial charge in [-0.25, -0.2) is 0 Å². The number of nitrogens with zero attached hydrogens (tertiary/aromatic N) is 1. The summed E-state index contributed by atoms with van der Waals surface area (Å²) in [5, 5.41) is 7.39. The number of carbonyl (C=O) groups is 1. The second-order valence-electron chi connectivity index (χ2n) is 6.73. The molecule has 0 spiro atoms. The van der Waals surface area contributed by atoms with Crippen LogP contribution >= 0.6 is 22.7 Å². The van der Waals surface area contributed by atoms with E-state index in [9.17, 15) is 4.79 Å². The minimum atomic E-state index is 0.0546. The van der Waals surface area contributed by atoms with E-state index in [4.69, 9.17) is 0 Å². The van der Waals surface area contributed by atoms with Gasteiger partial charge in [0.15, 0.2) is 0 Å². The van der Waals surface area contributed by atoms with Crippen LogP contribution in [0.1, 0.15) is 32.5 Å². The minimum Gasteiger partial charge on any atom is -0.325 e. The fraction of sp³-hybridized carbons (Fsp3) is 0.286. The minimum absolute atomic E-state index is 0.0546. The van der Waals surface area contributed by atoms with Gasteiger partial charge in [-0.1, -0.05) is 18.2 Å². The summed E-state index contributed by atoms with van der Waals surface area (Å²) >= 11 is 3.60. The molecule has 26 heavy (non-hydrogen) atoms. The van der Waals surface area contributed by atoms with Crippen molar-refractivity contribution in [1.82, 2.24) is 4.90 Å². The average Bonchev–Trinajstić information content (AvgIpc) is 3.30. The van der Waals surface area contributed by atoms with Crippen molar-refractivity contribution in [1.29, 1.82) is 0 Å². The van der Waals surface area contributed by atoms with Crippen molar-refractivity contribution in [2.45, 2.75) is 26.3 Å². The Bertz CT molecular complexity index is 914. The summed E-state index contributed by atoms with van der Waals surface area (Å²) in [6.45, 7) is 5.44. The smallest absolute Gasteiger partial charge is 0.238 e. The zero-order valence-electron chi connectivity index (χ0n) is 15.0. The molecule has 0 saturated carbocycles. The number of carbonyl (C=O) groups excluding carboxylic acids is 1. The van der Waals surface area contributed by atoms with E-state index < -0.39 is 0 Å². The van der Waals surface area contributed by atoms with Crippen LogP contribution in [-0.2, 0) is 11.2 Å². The van der Waals surface area contributed by atoms with Crippen LogP contribution < -0.4 is 5.32 Å². The molecule has 2 aromatic heterocycles. The van der Waals surface area contributed by atoms with Gasteiger partial charge in [-0.05, 0) is 65.9 Å². The van der Waals surface area contributed by atoms with Crippen molar-refractivity contribution < 1.29 is 4.79 Å². The molecule has 1 amide bonds. The Balaban J connectivity index is 1.55. The largest absolute Gasteiger partial charge is 0.325 e. The summed E-state index contributed by atoms with van der Waals surface area (Å²) in [7, 11) is 0. The van der Waals surface area contributed by atoms with Crippen LogP contribution in [0, 0.1) is 13.8 Å². The SMILES string of the molecule is Cc1cccc(NC(=O)CN2CCc3sccc3[C@@H]2c2cccs2)c1C. The summed E-state index contributed by atoms with van der Waals surface area (Å²) in [4.78, 5) is 17.8. The maximum absolute atomic E-state index is 12.8. The van der Waals surface area contributed by atoms with E-state index >= 15 is 0 Å². The molecule has 4 rings (SSSR count). The normalized spacial score (nSPS) is 17.1. The van der Waals surface area contributed by atoms with Gasteiger partial charge in [-0.15, -0.1) is 22.7 Å². The molecule has 1 aromatic carbocycles. The molecule has 5 heteroatoms. The topological polar surface area (TPSA) is 32.3 Å². The van der Waals surface area contributed by atoms with Crippen molar-refractivity contribution in [2.75, 3.05) is 18.4 Å². The summed E-state index contributed by atoms with van der Waals surface area (Å²) in [6.07, 6.45) is 1.02. The molecule has 0 aliphatic carbocycles. The number of anilines is 1. The van der Waals surface area contributed by atoms with Crippen molar-refractivity contribution in [2.24, 2.45) is 0 Å². The van der Waals surface area contributed by atoms with Gasteiger partial charge in [0.1, 0.15) is 0 Å². The van der Waals surface area contributed by atoms with Gasteiger partial charge in [-0.3, -0.25) is 9.69 Å². The van der Waals surface area contributed by atoms with Gasteiger partial charge in [0.05, 0.1) is 12.6 Å². The molecule has 1 atom stereocenters. The van der Waals surface area contributed by atoms with E-state index in [2.05, 4.69) is 59.1 Å². The molecular formula is C21H22N2OS2. The van der Waals surface area contributed by atoms with Gasteiger partial charge in [0.2, 0.25) is 5.91 Å². The van der Waals surface area contributed by atoms with E-state index in [1.807, 2.05) is 23.5 Å². The highest BCUT2D eigenvalue weighted by Gasteiger charge is 2.31. The van der Waals surface area contributed by atoms with Crippen molar-refractivity contribution in [3.8, 4) is 0 Å². The molecule has 1 N–H and O–H groups in total. The molecule has 1 aliphatic rings. The van der Waals surface area contributed by atoms with E-state index in [-0.39, 0.29) is 11.9 Å². The highest BCUT2D eigenvalue weighted by Crippen LogP contribution is 2.39. The Kier molecular flexibility index (Phi) is 4.94.